The van der Waals surface area contributed by atoms with E-state index in [0.717, 1.165) is 25.7 Å². The van der Waals surface area contributed by atoms with Crippen molar-refractivity contribution in [1.82, 2.24) is 0 Å². The van der Waals surface area contributed by atoms with Crippen molar-refractivity contribution in [3.8, 4) is 0 Å². The van der Waals surface area contributed by atoms with E-state index in [1.54, 1.807) is 0 Å². The van der Waals surface area contributed by atoms with E-state index in [9.17, 15) is 9.59 Å². The van der Waals surface area contributed by atoms with Gasteiger partial charge in [-0.3, -0.25) is 9.68 Å². The molecular weight excluding hydrogens is 297 g/mol. The Hall–Kier alpha value is 0.204. The average Bonchev–Trinajstić information content (AvgIpc) is 2.26. The third kappa shape index (κ3) is 9.87. The first kappa shape index (κ1) is 19.5. The molecule has 0 fully saturated rings. The molecule has 0 amide bonds. The zero-order valence-electron chi connectivity index (χ0n) is 11.0. The second kappa shape index (κ2) is 12.7. The van der Waals surface area contributed by atoms with Gasteiger partial charge < -0.3 is 0 Å². The standard InChI is InChI=1S/C12H22O4.Y/c1-4-7-8-15-16-12(14)9-11(13)10(5-2)6-3;/h10H,4-9H2,1-3H3;. The van der Waals surface area contributed by atoms with Gasteiger partial charge in [0.05, 0.1) is 6.61 Å². The van der Waals surface area contributed by atoms with Gasteiger partial charge in [-0.05, 0) is 19.3 Å². The Balaban J connectivity index is 0. The predicted octanol–water partition coefficient (Wildman–Crippen LogP) is 2.65. The van der Waals surface area contributed by atoms with E-state index in [2.05, 4.69) is 9.78 Å². The predicted molar refractivity (Wildman–Crippen MR) is 60.6 cm³/mol. The molecule has 0 N–H and O–H groups in total. The van der Waals surface area contributed by atoms with Crippen molar-refractivity contribution in [3.05, 3.63) is 0 Å². The summed E-state index contributed by atoms with van der Waals surface area (Å²) in [5, 5.41) is 0. The summed E-state index contributed by atoms with van der Waals surface area (Å²) in [6, 6.07) is 0. The van der Waals surface area contributed by atoms with Crippen molar-refractivity contribution in [1.29, 1.82) is 0 Å². The maximum absolute atomic E-state index is 11.5. The molecule has 0 aromatic heterocycles. The van der Waals surface area contributed by atoms with Gasteiger partial charge in [-0.1, -0.05) is 27.2 Å². The van der Waals surface area contributed by atoms with Gasteiger partial charge in [0.15, 0.2) is 0 Å². The molecule has 0 saturated heterocycles. The second-order valence-electron chi connectivity index (χ2n) is 3.79. The summed E-state index contributed by atoms with van der Waals surface area (Å²) in [6.45, 7) is 6.29. The van der Waals surface area contributed by atoms with Gasteiger partial charge in [0.2, 0.25) is 0 Å². The quantitative estimate of drug-likeness (QED) is 0.284. The van der Waals surface area contributed by atoms with E-state index in [4.69, 9.17) is 0 Å². The minimum atomic E-state index is -0.590. The zero-order valence-corrected chi connectivity index (χ0v) is 13.9. The Bertz CT molecular complexity index is 215. The fourth-order valence-corrected chi connectivity index (χ4v) is 1.37. The molecule has 0 aromatic carbocycles. The van der Waals surface area contributed by atoms with E-state index < -0.39 is 5.97 Å². The number of carbonyl (C=O) groups excluding carboxylic acids is 2. The van der Waals surface area contributed by atoms with Crippen molar-refractivity contribution in [3.63, 3.8) is 0 Å². The molecule has 0 atom stereocenters. The van der Waals surface area contributed by atoms with Crippen LogP contribution in [0.3, 0.4) is 0 Å². The third-order valence-corrected chi connectivity index (χ3v) is 2.49. The molecule has 5 heteroatoms. The molecule has 4 nitrogen and oxygen atoms in total. The summed E-state index contributed by atoms with van der Waals surface area (Å²) < 4.78 is 0. The second-order valence-corrected chi connectivity index (χ2v) is 3.79. The van der Waals surface area contributed by atoms with Crippen molar-refractivity contribution >= 4 is 11.8 Å². The van der Waals surface area contributed by atoms with E-state index in [-0.39, 0.29) is 50.8 Å². The summed E-state index contributed by atoms with van der Waals surface area (Å²) in [4.78, 5) is 31.9. The number of hydrogen-bond acceptors (Lipinski definition) is 4. The SMILES string of the molecule is CCCCOOC(=O)CC(=O)C(CC)CC.[Y]. The number of Topliss-reactive ketones (excluding diaryl/α,β-unsaturated/α-hetero) is 1. The average molecular weight is 319 g/mol. The summed E-state index contributed by atoms with van der Waals surface area (Å²) in [5.74, 6) is -0.690. The fraction of sp³-hybridized carbons (Fsp3) is 0.833. The molecule has 0 spiro atoms. The molecule has 0 bridgehead atoms. The summed E-state index contributed by atoms with van der Waals surface area (Å²) in [7, 11) is 0. The van der Waals surface area contributed by atoms with Crippen molar-refractivity contribution < 1.29 is 52.1 Å². The molecule has 0 unspecified atom stereocenters. The van der Waals surface area contributed by atoms with E-state index in [0.29, 0.717) is 6.61 Å². The van der Waals surface area contributed by atoms with Crippen LogP contribution in [-0.4, -0.2) is 18.4 Å². The molecule has 0 heterocycles. The van der Waals surface area contributed by atoms with Crippen LogP contribution < -0.4 is 0 Å². The van der Waals surface area contributed by atoms with Crippen LogP contribution >= 0.6 is 0 Å². The van der Waals surface area contributed by atoms with Crippen LogP contribution in [0.4, 0.5) is 0 Å². The first-order chi connectivity index (χ1) is 7.65. The van der Waals surface area contributed by atoms with Gasteiger partial charge in [0.25, 0.3) is 0 Å². The van der Waals surface area contributed by atoms with E-state index in [1.807, 2.05) is 20.8 Å². The molecule has 0 aliphatic carbocycles. The van der Waals surface area contributed by atoms with Gasteiger partial charge >= 0.3 is 5.97 Å². The molecule has 97 valence electrons. The van der Waals surface area contributed by atoms with Gasteiger partial charge in [-0.2, -0.15) is 4.89 Å². The summed E-state index contributed by atoms with van der Waals surface area (Å²) in [6.07, 6.45) is 3.16. The Labute approximate surface area is 129 Å². The maximum atomic E-state index is 11.5. The maximum Gasteiger partial charge on any atom is 0.349 e. The largest absolute Gasteiger partial charge is 0.349 e. The molecule has 17 heavy (non-hydrogen) atoms. The number of rotatable bonds is 9. The smallest absolute Gasteiger partial charge is 0.299 e. The Morgan fingerprint density at radius 2 is 1.71 bits per heavy atom. The molecule has 0 rings (SSSR count). The van der Waals surface area contributed by atoms with Crippen molar-refractivity contribution in [2.45, 2.75) is 52.9 Å². The van der Waals surface area contributed by atoms with Crippen LogP contribution in [0.1, 0.15) is 52.9 Å². The van der Waals surface area contributed by atoms with Crippen molar-refractivity contribution in [2.75, 3.05) is 6.61 Å². The molecule has 0 aromatic rings. The van der Waals surface area contributed by atoms with Crippen LogP contribution in [0.2, 0.25) is 0 Å². The van der Waals surface area contributed by atoms with Gasteiger partial charge in [0, 0.05) is 38.6 Å². The topological polar surface area (TPSA) is 52.6 Å². The molecule has 0 aliphatic heterocycles. The van der Waals surface area contributed by atoms with Crippen molar-refractivity contribution in [2.24, 2.45) is 5.92 Å². The fourth-order valence-electron chi connectivity index (χ4n) is 1.37. The Morgan fingerprint density at radius 3 is 2.18 bits per heavy atom. The van der Waals surface area contributed by atoms with Crippen LogP contribution in [0.15, 0.2) is 0 Å². The molecule has 0 aliphatic rings. The molecule has 0 saturated carbocycles. The van der Waals surface area contributed by atoms with Crippen LogP contribution in [0, 0.1) is 5.92 Å². The Kier molecular flexibility index (Phi) is 14.5. The number of ketones is 1. The van der Waals surface area contributed by atoms with Gasteiger partial charge in [0.1, 0.15) is 12.2 Å². The third-order valence-electron chi connectivity index (χ3n) is 2.49. The minimum Gasteiger partial charge on any atom is -0.299 e. The minimum absolute atomic E-state index is 0. The Morgan fingerprint density at radius 1 is 1.12 bits per heavy atom. The molecular formula is C12H22O4Y. The van der Waals surface area contributed by atoms with Gasteiger partial charge in [-0.25, -0.2) is 4.79 Å². The van der Waals surface area contributed by atoms with E-state index in [1.165, 1.54) is 0 Å². The zero-order chi connectivity index (χ0) is 12.4. The number of hydrogen-bond donors (Lipinski definition) is 0. The first-order valence-corrected chi connectivity index (χ1v) is 6.00. The van der Waals surface area contributed by atoms with Crippen LogP contribution in [0.5, 0.6) is 0 Å². The summed E-state index contributed by atoms with van der Waals surface area (Å²) in [5.41, 5.74) is 0. The van der Waals surface area contributed by atoms with Gasteiger partial charge in [-0.15, -0.1) is 0 Å². The van der Waals surface area contributed by atoms with Crippen LogP contribution in [-0.2, 0) is 52.1 Å². The summed E-state index contributed by atoms with van der Waals surface area (Å²) >= 11 is 0. The number of carbonyl (C=O) groups is 2. The van der Waals surface area contributed by atoms with E-state index >= 15 is 0 Å². The first-order valence-electron chi connectivity index (χ1n) is 6.00. The number of unbranched alkanes of at least 4 members (excludes halogenated alkanes) is 1. The van der Waals surface area contributed by atoms with Crippen LogP contribution in [0.25, 0.3) is 0 Å². The monoisotopic (exact) mass is 319 g/mol. The normalized spacial score (nSPS) is 9.88. The molecule has 1 radical (unpaired) electrons.